The zero-order chi connectivity index (χ0) is 13.4. The van der Waals surface area contributed by atoms with Gasteiger partial charge in [-0.3, -0.25) is 5.10 Å². The molecule has 2 aliphatic carbocycles. The molecule has 0 aliphatic heterocycles. The number of nitrogens with one attached hydrogen (secondary N) is 2. The fraction of sp³-hybridized carbons (Fsp3) is 0.800. The molecule has 1 heterocycles. The Morgan fingerprint density at radius 2 is 2.05 bits per heavy atom. The maximum absolute atomic E-state index is 10.0. The van der Waals surface area contributed by atoms with E-state index in [9.17, 15) is 5.11 Å². The fourth-order valence-electron chi connectivity index (χ4n) is 3.68. The zero-order valence-corrected chi connectivity index (χ0v) is 11.9. The fourth-order valence-corrected chi connectivity index (χ4v) is 3.68. The van der Waals surface area contributed by atoms with Crippen molar-refractivity contribution in [1.29, 1.82) is 0 Å². The number of aliphatic hydroxyl groups is 1. The third kappa shape index (κ3) is 2.70. The van der Waals surface area contributed by atoms with E-state index in [1.54, 1.807) is 0 Å². The lowest BCUT2D eigenvalue weighted by Gasteiger charge is -2.32. The molecule has 1 aromatic rings. The van der Waals surface area contributed by atoms with Crippen molar-refractivity contribution >= 4 is 0 Å². The summed E-state index contributed by atoms with van der Waals surface area (Å²) in [4.78, 5) is 0. The summed E-state index contributed by atoms with van der Waals surface area (Å²) >= 11 is 0. The molecular formula is C15H25N3O. The third-order valence-electron chi connectivity index (χ3n) is 4.87. The molecule has 0 saturated heterocycles. The summed E-state index contributed by atoms with van der Waals surface area (Å²) in [6, 6.07) is 2.72. The average Bonchev–Trinajstić information content (AvgIpc) is 2.91. The number of aliphatic hydroxyl groups excluding tert-OH is 1. The minimum atomic E-state index is -0.0299. The van der Waals surface area contributed by atoms with Crippen LogP contribution in [0.1, 0.15) is 56.8 Å². The first kappa shape index (κ1) is 13.1. The van der Waals surface area contributed by atoms with Gasteiger partial charge in [0.2, 0.25) is 0 Å². The normalized spacial score (nSPS) is 34.1. The van der Waals surface area contributed by atoms with Crippen LogP contribution in [0, 0.1) is 11.8 Å². The summed E-state index contributed by atoms with van der Waals surface area (Å²) in [5, 5.41) is 21.1. The summed E-state index contributed by atoms with van der Waals surface area (Å²) in [6.45, 7) is 5.18. The molecule has 4 heteroatoms. The molecule has 106 valence electrons. The van der Waals surface area contributed by atoms with E-state index in [2.05, 4.69) is 35.4 Å². The Morgan fingerprint density at radius 1 is 1.37 bits per heavy atom. The first-order chi connectivity index (χ1) is 9.13. The van der Waals surface area contributed by atoms with Crippen molar-refractivity contribution in [2.45, 2.75) is 64.1 Å². The summed E-state index contributed by atoms with van der Waals surface area (Å²) in [5.41, 5.74) is 2.30. The van der Waals surface area contributed by atoms with Crippen LogP contribution in [0.15, 0.2) is 6.07 Å². The highest BCUT2D eigenvalue weighted by Gasteiger charge is 2.41. The molecule has 2 unspecified atom stereocenters. The number of hydrogen-bond acceptors (Lipinski definition) is 3. The largest absolute Gasteiger partial charge is 0.393 e. The molecule has 2 saturated carbocycles. The van der Waals surface area contributed by atoms with Gasteiger partial charge in [-0.15, -0.1) is 0 Å². The molecule has 2 aliphatic rings. The molecule has 3 N–H and O–H groups in total. The number of aromatic nitrogens is 2. The second-order valence-corrected chi connectivity index (χ2v) is 6.61. The van der Waals surface area contributed by atoms with E-state index in [4.69, 9.17) is 0 Å². The van der Waals surface area contributed by atoms with Gasteiger partial charge in [0.25, 0.3) is 0 Å². The van der Waals surface area contributed by atoms with E-state index < -0.39 is 0 Å². The van der Waals surface area contributed by atoms with E-state index in [1.807, 2.05) is 0 Å². The van der Waals surface area contributed by atoms with Gasteiger partial charge in [-0.25, -0.2) is 0 Å². The Morgan fingerprint density at radius 3 is 2.63 bits per heavy atom. The Labute approximate surface area is 115 Å². The van der Waals surface area contributed by atoms with Gasteiger partial charge in [0.05, 0.1) is 11.8 Å². The van der Waals surface area contributed by atoms with Crippen LogP contribution in [-0.4, -0.2) is 27.4 Å². The molecule has 0 aromatic carbocycles. The SMILES string of the molecule is CC(C)c1cc(CNC2C[C@H]3CC[C@@H](C2)C3O)[nH]n1. The monoisotopic (exact) mass is 263 g/mol. The lowest BCUT2D eigenvalue weighted by molar-refractivity contribution is 0.0469. The highest BCUT2D eigenvalue weighted by molar-refractivity contribution is 5.11. The first-order valence-corrected chi connectivity index (χ1v) is 7.59. The molecule has 4 atom stereocenters. The molecule has 3 rings (SSSR count). The van der Waals surface area contributed by atoms with E-state index >= 15 is 0 Å². The quantitative estimate of drug-likeness (QED) is 0.780. The van der Waals surface area contributed by atoms with Crippen LogP contribution in [0.4, 0.5) is 0 Å². The Bertz CT molecular complexity index is 415. The highest BCUT2D eigenvalue weighted by Crippen LogP contribution is 2.42. The number of rotatable bonds is 4. The minimum absolute atomic E-state index is 0.0299. The van der Waals surface area contributed by atoms with Gasteiger partial charge in [0, 0.05) is 18.3 Å². The summed E-state index contributed by atoms with van der Waals surface area (Å²) in [6.07, 6.45) is 4.65. The van der Waals surface area contributed by atoms with Crippen molar-refractivity contribution in [3.8, 4) is 0 Å². The topological polar surface area (TPSA) is 60.9 Å². The van der Waals surface area contributed by atoms with E-state index in [0.717, 1.165) is 25.1 Å². The Balaban J connectivity index is 1.52. The molecule has 2 fully saturated rings. The van der Waals surface area contributed by atoms with E-state index in [-0.39, 0.29) is 6.10 Å². The van der Waals surface area contributed by atoms with Crippen LogP contribution in [0.5, 0.6) is 0 Å². The number of hydrogen-bond donors (Lipinski definition) is 3. The van der Waals surface area contributed by atoms with Crippen LogP contribution in [0.2, 0.25) is 0 Å². The van der Waals surface area contributed by atoms with Crippen molar-refractivity contribution in [3.05, 3.63) is 17.5 Å². The van der Waals surface area contributed by atoms with Crippen LogP contribution in [-0.2, 0) is 6.54 Å². The van der Waals surface area contributed by atoms with Crippen LogP contribution >= 0.6 is 0 Å². The number of H-pyrrole nitrogens is 1. The molecule has 1 aromatic heterocycles. The second-order valence-electron chi connectivity index (χ2n) is 6.61. The average molecular weight is 263 g/mol. The predicted octanol–water partition coefficient (Wildman–Crippen LogP) is 2.17. The van der Waals surface area contributed by atoms with Gasteiger partial charge in [0.1, 0.15) is 0 Å². The molecule has 4 nitrogen and oxygen atoms in total. The van der Waals surface area contributed by atoms with Crippen molar-refractivity contribution in [2.24, 2.45) is 11.8 Å². The predicted molar refractivity (Wildman–Crippen MR) is 74.8 cm³/mol. The van der Waals surface area contributed by atoms with Crippen LogP contribution < -0.4 is 5.32 Å². The maximum Gasteiger partial charge on any atom is 0.0650 e. The van der Waals surface area contributed by atoms with Gasteiger partial charge < -0.3 is 10.4 Å². The summed E-state index contributed by atoms with van der Waals surface area (Å²) < 4.78 is 0. The molecule has 0 amide bonds. The summed E-state index contributed by atoms with van der Waals surface area (Å²) in [5.74, 6) is 1.54. The smallest absolute Gasteiger partial charge is 0.0650 e. The lowest BCUT2D eigenvalue weighted by Crippen LogP contribution is -2.40. The van der Waals surface area contributed by atoms with Crippen LogP contribution in [0.3, 0.4) is 0 Å². The van der Waals surface area contributed by atoms with Gasteiger partial charge in [-0.05, 0) is 49.5 Å². The zero-order valence-electron chi connectivity index (χ0n) is 11.9. The van der Waals surface area contributed by atoms with Crippen molar-refractivity contribution in [1.82, 2.24) is 15.5 Å². The van der Waals surface area contributed by atoms with Gasteiger partial charge in [-0.2, -0.15) is 5.10 Å². The number of nitrogens with zero attached hydrogens (tertiary/aromatic N) is 1. The van der Waals surface area contributed by atoms with Crippen molar-refractivity contribution < 1.29 is 5.11 Å². The first-order valence-electron chi connectivity index (χ1n) is 7.59. The highest BCUT2D eigenvalue weighted by atomic mass is 16.3. The van der Waals surface area contributed by atoms with Gasteiger partial charge in [-0.1, -0.05) is 13.8 Å². The molecule has 0 spiro atoms. The minimum Gasteiger partial charge on any atom is -0.393 e. The lowest BCUT2D eigenvalue weighted by atomic mass is 9.83. The van der Waals surface area contributed by atoms with Gasteiger partial charge in [0.15, 0.2) is 0 Å². The second kappa shape index (κ2) is 5.25. The van der Waals surface area contributed by atoms with E-state index in [1.165, 1.54) is 18.5 Å². The van der Waals surface area contributed by atoms with Crippen LogP contribution in [0.25, 0.3) is 0 Å². The third-order valence-corrected chi connectivity index (χ3v) is 4.87. The molecule has 0 radical (unpaired) electrons. The van der Waals surface area contributed by atoms with Crippen molar-refractivity contribution in [2.75, 3.05) is 0 Å². The molecule has 2 bridgehead atoms. The summed E-state index contributed by atoms with van der Waals surface area (Å²) in [7, 11) is 0. The van der Waals surface area contributed by atoms with Gasteiger partial charge >= 0.3 is 0 Å². The number of fused-ring (bicyclic) bond motifs is 2. The Hall–Kier alpha value is -0.870. The molecule has 19 heavy (non-hydrogen) atoms. The van der Waals surface area contributed by atoms with E-state index in [0.29, 0.717) is 23.8 Å². The standard InChI is InChI=1S/C15H25N3O/c1-9(2)14-7-13(17-18-14)8-16-12-5-10-3-4-11(6-12)15(10)19/h7,9-12,15-16,19H,3-6,8H2,1-2H3,(H,17,18)/t10-,11+,12?,15?. The maximum atomic E-state index is 10.0. The number of aromatic amines is 1. The Kier molecular flexibility index (Phi) is 3.63. The van der Waals surface area contributed by atoms with Crippen molar-refractivity contribution in [3.63, 3.8) is 0 Å². The molecular weight excluding hydrogens is 238 g/mol.